The molecule has 0 bridgehead atoms. The Bertz CT molecular complexity index is 682. The number of guanidine groups is 1. The zero-order chi connectivity index (χ0) is 18.2. The lowest BCUT2D eigenvalue weighted by atomic mass is 10.2. The number of likely N-dealkylation sites (N-methyl/N-ethyl adjacent to an activating group) is 1. The van der Waals surface area contributed by atoms with Gasteiger partial charge in [0.2, 0.25) is 0 Å². The van der Waals surface area contributed by atoms with Crippen LogP contribution in [0.4, 0.5) is 0 Å². The molecule has 142 valence electrons. The molecule has 3 rings (SSSR count). The van der Waals surface area contributed by atoms with Crippen LogP contribution in [0.2, 0.25) is 0 Å². The van der Waals surface area contributed by atoms with Gasteiger partial charge in [-0.2, -0.15) is 0 Å². The van der Waals surface area contributed by atoms with Crippen molar-refractivity contribution < 1.29 is 4.42 Å². The Kier molecular flexibility index (Phi) is 7.08. The first kappa shape index (κ1) is 18.9. The zero-order valence-electron chi connectivity index (χ0n) is 15.7. The van der Waals surface area contributed by atoms with Crippen molar-refractivity contribution in [1.82, 2.24) is 20.5 Å². The SMILES string of the molecule is CCN1CCCC1CNC(=NCc1ncc(C)s1)NCCc1ccco1. The number of hydrogen-bond acceptors (Lipinski definition) is 5. The fraction of sp³-hybridized carbons (Fsp3) is 0.579. The zero-order valence-corrected chi connectivity index (χ0v) is 16.5. The fourth-order valence-corrected chi connectivity index (χ4v) is 4.02. The molecule has 1 atom stereocenters. The predicted molar refractivity (Wildman–Crippen MR) is 107 cm³/mol. The number of nitrogens with zero attached hydrogens (tertiary/aromatic N) is 3. The monoisotopic (exact) mass is 375 g/mol. The average Bonchev–Trinajstić information content (AvgIpc) is 3.38. The average molecular weight is 376 g/mol. The summed E-state index contributed by atoms with van der Waals surface area (Å²) < 4.78 is 5.40. The number of furan rings is 1. The summed E-state index contributed by atoms with van der Waals surface area (Å²) in [6, 6.07) is 4.52. The Morgan fingerprint density at radius 3 is 3.12 bits per heavy atom. The molecule has 0 spiro atoms. The van der Waals surface area contributed by atoms with Crippen molar-refractivity contribution in [2.75, 3.05) is 26.2 Å². The number of likely N-dealkylation sites (tertiary alicyclic amines) is 1. The topological polar surface area (TPSA) is 65.7 Å². The number of nitrogens with one attached hydrogen (secondary N) is 2. The minimum atomic E-state index is 0.596. The van der Waals surface area contributed by atoms with E-state index < -0.39 is 0 Å². The third-order valence-corrected chi connectivity index (χ3v) is 5.59. The molecule has 1 unspecified atom stereocenters. The van der Waals surface area contributed by atoms with E-state index in [1.807, 2.05) is 18.3 Å². The third kappa shape index (κ3) is 5.57. The van der Waals surface area contributed by atoms with Gasteiger partial charge in [-0.25, -0.2) is 9.98 Å². The Morgan fingerprint density at radius 2 is 2.38 bits per heavy atom. The maximum Gasteiger partial charge on any atom is 0.191 e. The van der Waals surface area contributed by atoms with Crippen molar-refractivity contribution in [2.45, 2.75) is 45.7 Å². The summed E-state index contributed by atoms with van der Waals surface area (Å²) in [5.74, 6) is 1.84. The molecule has 0 aromatic carbocycles. The van der Waals surface area contributed by atoms with Crippen LogP contribution < -0.4 is 10.6 Å². The van der Waals surface area contributed by atoms with Crippen LogP contribution in [0.5, 0.6) is 0 Å². The second kappa shape index (κ2) is 9.73. The summed E-state index contributed by atoms with van der Waals surface area (Å²) in [5.41, 5.74) is 0. The molecular formula is C19H29N5OS. The van der Waals surface area contributed by atoms with E-state index in [2.05, 4.69) is 34.4 Å². The summed E-state index contributed by atoms with van der Waals surface area (Å²) in [5, 5.41) is 8.00. The number of aliphatic imine (C=N–C) groups is 1. The van der Waals surface area contributed by atoms with Gasteiger partial charge in [-0.1, -0.05) is 6.92 Å². The summed E-state index contributed by atoms with van der Waals surface area (Å²) in [7, 11) is 0. The molecule has 1 fully saturated rings. The number of hydrogen-bond donors (Lipinski definition) is 2. The molecule has 0 radical (unpaired) electrons. The molecule has 26 heavy (non-hydrogen) atoms. The molecule has 7 heteroatoms. The smallest absolute Gasteiger partial charge is 0.191 e. The van der Waals surface area contributed by atoms with E-state index in [0.29, 0.717) is 12.6 Å². The Morgan fingerprint density at radius 1 is 1.46 bits per heavy atom. The van der Waals surface area contributed by atoms with E-state index in [1.54, 1.807) is 17.6 Å². The molecule has 2 N–H and O–H groups in total. The van der Waals surface area contributed by atoms with Crippen LogP contribution in [0.3, 0.4) is 0 Å². The van der Waals surface area contributed by atoms with Crippen molar-refractivity contribution in [3.05, 3.63) is 40.2 Å². The second-order valence-corrected chi connectivity index (χ2v) is 7.91. The van der Waals surface area contributed by atoms with Gasteiger partial charge in [0.1, 0.15) is 10.8 Å². The van der Waals surface area contributed by atoms with Gasteiger partial charge in [-0.15, -0.1) is 11.3 Å². The van der Waals surface area contributed by atoms with Gasteiger partial charge in [-0.3, -0.25) is 4.90 Å². The molecule has 0 aliphatic carbocycles. The highest BCUT2D eigenvalue weighted by Gasteiger charge is 2.22. The lowest BCUT2D eigenvalue weighted by Gasteiger charge is -2.24. The first-order valence-corrected chi connectivity index (χ1v) is 10.3. The summed E-state index contributed by atoms with van der Waals surface area (Å²) in [6.45, 7) is 8.96. The van der Waals surface area contributed by atoms with E-state index in [0.717, 1.165) is 42.8 Å². The Labute approximate surface area is 159 Å². The summed E-state index contributed by atoms with van der Waals surface area (Å²) in [6.07, 6.45) is 7.01. The van der Waals surface area contributed by atoms with E-state index in [-0.39, 0.29) is 0 Å². The quantitative estimate of drug-likeness (QED) is 0.549. The number of aryl methyl sites for hydroxylation is 1. The molecule has 1 aliphatic heterocycles. The van der Waals surface area contributed by atoms with Gasteiger partial charge in [0.15, 0.2) is 5.96 Å². The standard InChI is InChI=1S/C19H29N5OS/c1-3-24-10-4-6-16(24)13-22-19(20-9-8-17-7-5-11-25-17)23-14-18-21-12-15(2)26-18/h5,7,11-12,16H,3-4,6,8-10,13-14H2,1-2H3,(H2,20,22,23). The highest BCUT2D eigenvalue weighted by molar-refractivity contribution is 7.11. The first-order valence-electron chi connectivity index (χ1n) is 9.44. The molecule has 3 heterocycles. The normalized spacial score (nSPS) is 18.4. The number of aromatic nitrogens is 1. The molecule has 6 nitrogen and oxygen atoms in total. The van der Waals surface area contributed by atoms with Crippen molar-refractivity contribution in [3.63, 3.8) is 0 Å². The van der Waals surface area contributed by atoms with Crippen molar-refractivity contribution in [1.29, 1.82) is 0 Å². The summed E-state index contributed by atoms with van der Waals surface area (Å²) >= 11 is 1.70. The van der Waals surface area contributed by atoms with Crippen LogP contribution in [0.1, 0.15) is 35.4 Å². The van der Waals surface area contributed by atoms with E-state index in [4.69, 9.17) is 9.41 Å². The molecule has 1 aliphatic rings. The lowest BCUT2D eigenvalue weighted by molar-refractivity contribution is 0.267. The van der Waals surface area contributed by atoms with Crippen LogP contribution in [0.15, 0.2) is 34.0 Å². The number of rotatable bonds is 8. The lowest BCUT2D eigenvalue weighted by Crippen LogP contribution is -2.45. The van der Waals surface area contributed by atoms with Crippen LogP contribution in [-0.4, -0.2) is 48.1 Å². The van der Waals surface area contributed by atoms with Gasteiger partial charge < -0.3 is 15.1 Å². The van der Waals surface area contributed by atoms with E-state index >= 15 is 0 Å². The molecule has 2 aromatic heterocycles. The minimum Gasteiger partial charge on any atom is -0.469 e. The van der Waals surface area contributed by atoms with Gasteiger partial charge in [-0.05, 0) is 45.0 Å². The maximum absolute atomic E-state index is 5.40. The van der Waals surface area contributed by atoms with Gasteiger partial charge >= 0.3 is 0 Å². The highest BCUT2D eigenvalue weighted by Crippen LogP contribution is 2.15. The minimum absolute atomic E-state index is 0.596. The van der Waals surface area contributed by atoms with Crippen LogP contribution >= 0.6 is 11.3 Å². The van der Waals surface area contributed by atoms with Crippen molar-refractivity contribution >= 4 is 17.3 Å². The maximum atomic E-state index is 5.40. The molecule has 0 amide bonds. The Balaban J connectivity index is 1.54. The molecule has 1 saturated heterocycles. The van der Waals surface area contributed by atoms with Gasteiger partial charge in [0, 0.05) is 36.6 Å². The number of thiazole rings is 1. The van der Waals surface area contributed by atoms with Crippen molar-refractivity contribution in [3.8, 4) is 0 Å². The van der Waals surface area contributed by atoms with Crippen LogP contribution in [-0.2, 0) is 13.0 Å². The highest BCUT2D eigenvalue weighted by atomic mass is 32.1. The van der Waals surface area contributed by atoms with Gasteiger partial charge in [0.05, 0.1) is 12.8 Å². The predicted octanol–water partition coefficient (Wildman–Crippen LogP) is 2.81. The second-order valence-electron chi connectivity index (χ2n) is 6.59. The van der Waals surface area contributed by atoms with E-state index in [9.17, 15) is 0 Å². The van der Waals surface area contributed by atoms with Crippen LogP contribution in [0, 0.1) is 6.92 Å². The molecular weight excluding hydrogens is 346 g/mol. The van der Waals surface area contributed by atoms with E-state index in [1.165, 1.54) is 24.3 Å². The molecule has 0 saturated carbocycles. The summed E-state index contributed by atoms with van der Waals surface area (Å²) in [4.78, 5) is 12.9. The Hall–Kier alpha value is -1.86. The van der Waals surface area contributed by atoms with Crippen molar-refractivity contribution in [2.24, 2.45) is 4.99 Å². The first-order chi connectivity index (χ1) is 12.7. The van der Waals surface area contributed by atoms with Crippen LogP contribution in [0.25, 0.3) is 0 Å². The largest absolute Gasteiger partial charge is 0.469 e. The van der Waals surface area contributed by atoms with Gasteiger partial charge in [0.25, 0.3) is 0 Å². The molecule has 2 aromatic rings. The third-order valence-electron chi connectivity index (χ3n) is 4.70. The fourth-order valence-electron chi connectivity index (χ4n) is 3.31.